The highest BCUT2D eigenvalue weighted by Gasteiger charge is 2.15. The molecule has 1 aliphatic rings. The molecule has 2 aromatic rings. The Hall–Kier alpha value is -1.68. The number of rotatable bonds is 4. The molecule has 0 aliphatic carbocycles. The molecule has 3 heterocycles. The zero-order valence-corrected chi connectivity index (χ0v) is 12.9. The van der Waals surface area contributed by atoms with E-state index < -0.39 is 0 Å². The summed E-state index contributed by atoms with van der Waals surface area (Å²) >= 11 is 0. The highest BCUT2D eigenvalue weighted by molar-refractivity contribution is 5.55. The second kappa shape index (κ2) is 6.39. The predicted octanol–water partition coefficient (Wildman–Crippen LogP) is 3.07. The van der Waals surface area contributed by atoms with Crippen LogP contribution in [0.1, 0.15) is 38.3 Å². The maximum Gasteiger partial charge on any atom is 0.0885 e. The second-order valence-corrected chi connectivity index (χ2v) is 6.22. The van der Waals surface area contributed by atoms with Crippen LogP contribution in [0.5, 0.6) is 0 Å². The van der Waals surface area contributed by atoms with Crippen molar-refractivity contribution in [3.63, 3.8) is 0 Å². The SMILES string of the molecule is CC(C)n1nccc1-c1cc(CC2CCCNC2)ccn1. The van der Waals surface area contributed by atoms with Crippen molar-refractivity contribution in [2.24, 2.45) is 5.92 Å². The minimum absolute atomic E-state index is 0.350. The zero-order chi connectivity index (χ0) is 14.7. The van der Waals surface area contributed by atoms with Gasteiger partial charge in [-0.05, 0) is 75.9 Å². The van der Waals surface area contributed by atoms with E-state index in [2.05, 4.69) is 41.4 Å². The molecular formula is C17H24N4. The molecule has 2 aromatic heterocycles. The lowest BCUT2D eigenvalue weighted by atomic mass is 9.92. The van der Waals surface area contributed by atoms with Crippen LogP contribution in [0.2, 0.25) is 0 Å². The number of pyridine rings is 1. The molecule has 1 fully saturated rings. The summed E-state index contributed by atoms with van der Waals surface area (Å²) in [6.45, 7) is 6.61. The third kappa shape index (κ3) is 3.32. The van der Waals surface area contributed by atoms with E-state index in [9.17, 15) is 0 Å². The van der Waals surface area contributed by atoms with Crippen molar-refractivity contribution < 1.29 is 0 Å². The van der Waals surface area contributed by atoms with E-state index in [1.54, 1.807) is 0 Å². The average Bonchev–Trinajstić information content (AvgIpc) is 2.98. The zero-order valence-electron chi connectivity index (χ0n) is 12.9. The summed E-state index contributed by atoms with van der Waals surface area (Å²) in [5.41, 5.74) is 3.52. The van der Waals surface area contributed by atoms with Crippen molar-refractivity contribution in [2.45, 2.75) is 39.2 Å². The summed E-state index contributed by atoms with van der Waals surface area (Å²) in [5, 5.41) is 7.90. The molecule has 1 aliphatic heterocycles. The van der Waals surface area contributed by atoms with Crippen molar-refractivity contribution >= 4 is 0 Å². The van der Waals surface area contributed by atoms with Gasteiger partial charge < -0.3 is 5.32 Å². The Morgan fingerprint density at radius 1 is 1.33 bits per heavy atom. The monoisotopic (exact) mass is 284 g/mol. The lowest BCUT2D eigenvalue weighted by Gasteiger charge is -2.22. The Balaban J connectivity index is 1.80. The standard InChI is InChI=1S/C17H24N4/c1-13(2)21-17(6-9-20-21)16-11-14(5-8-19-16)10-15-4-3-7-18-12-15/h5-6,8-9,11,13,15,18H,3-4,7,10,12H2,1-2H3. The molecule has 0 aromatic carbocycles. The molecule has 1 saturated heterocycles. The molecule has 0 radical (unpaired) electrons. The molecule has 0 amide bonds. The van der Waals surface area contributed by atoms with Gasteiger partial charge in [-0.15, -0.1) is 0 Å². The quantitative estimate of drug-likeness (QED) is 0.938. The van der Waals surface area contributed by atoms with Crippen LogP contribution >= 0.6 is 0 Å². The third-order valence-electron chi connectivity index (χ3n) is 4.17. The van der Waals surface area contributed by atoms with Crippen molar-refractivity contribution in [3.05, 3.63) is 36.2 Å². The van der Waals surface area contributed by atoms with Crippen LogP contribution in [0, 0.1) is 5.92 Å². The summed E-state index contributed by atoms with van der Waals surface area (Å²) in [6, 6.07) is 6.77. The van der Waals surface area contributed by atoms with E-state index in [0.717, 1.165) is 30.3 Å². The van der Waals surface area contributed by atoms with Gasteiger partial charge in [0.1, 0.15) is 0 Å². The van der Waals surface area contributed by atoms with Gasteiger partial charge in [0.2, 0.25) is 0 Å². The molecule has 0 spiro atoms. The molecule has 1 N–H and O–H groups in total. The van der Waals surface area contributed by atoms with E-state index in [-0.39, 0.29) is 0 Å². The first kappa shape index (κ1) is 14.3. The topological polar surface area (TPSA) is 42.7 Å². The maximum absolute atomic E-state index is 4.54. The fourth-order valence-corrected chi connectivity index (χ4v) is 3.10. The Labute approximate surface area is 126 Å². The van der Waals surface area contributed by atoms with Crippen molar-refractivity contribution in [2.75, 3.05) is 13.1 Å². The molecule has 21 heavy (non-hydrogen) atoms. The molecule has 0 bridgehead atoms. The Bertz CT molecular complexity index is 582. The van der Waals surface area contributed by atoms with Gasteiger partial charge in [0.25, 0.3) is 0 Å². The lowest BCUT2D eigenvalue weighted by Crippen LogP contribution is -2.30. The second-order valence-electron chi connectivity index (χ2n) is 6.22. The van der Waals surface area contributed by atoms with Gasteiger partial charge in [-0.2, -0.15) is 5.10 Å². The number of piperidine rings is 1. The predicted molar refractivity (Wildman–Crippen MR) is 85.1 cm³/mol. The number of hydrogen-bond donors (Lipinski definition) is 1. The largest absolute Gasteiger partial charge is 0.316 e. The van der Waals surface area contributed by atoms with E-state index in [4.69, 9.17) is 0 Å². The molecule has 3 rings (SSSR count). The fourth-order valence-electron chi connectivity index (χ4n) is 3.10. The Morgan fingerprint density at radius 3 is 3.00 bits per heavy atom. The molecule has 4 heteroatoms. The smallest absolute Gasteiger partial charge is 0.0885 e. The fraction of sp³-hybridized carbons (Fsp3) is 0.529. The number of hydrogen-bond acceptors (Lipinski definition) is 3. The van der Waals surface area contributed by atoms with Gasteiger partial charge in [0.05, 0.1) is 11.4 Å². The van der Waals surface area contributed by atoms with Crippen molar-refractivity contribution in [1.82, 2.24) is 20.1 Å². The summed E-state index contributed by atoms with van der Waals surface area (Å²) < 4.78 is 2.04. The van der Waals surface area contributed by atoms with E-state index in [0.29, 0.717) is 6.04 Å². The summed E-state index contributed by atoms with van der Waals surface area (Å²) in [7, 11) is 0. The van der Waals surface area contributed by atoms with Gasteiger partial charge in [-0.3, -0.25) is 9.67 Å². The van der Waals surface area contributed by atoms with Crippen LogP contribution in [0.25, 0.3) is 11.4 Å². The summed E-state index contributed by atoms with van der Waals surface area (Å²) in [4.78, 5) is 4.54. The van der Waals surface area contributed by atoms with E-state index >= 15 is 0 Å². The Kier molecular flexibility index (Phi) is 4.34. The molecule has 1 atom stereocenters. The van der Waals surface area contributed by atoms with Crippen LogP contribution < -0.4 is 5.32 Å². The van der Waals surface area contributed by atoms with E-state index in [1.165, 1.54) is 24.9 Å². The highest BCUT2D eigenvalue weighted by atomic mass is 15.3. The minimum Gasteiger partial charge on any atom is -0.316 e. The molecule has 112 valence electrons. The first-order valence-corrected chi connectivity index (χ1v) is 7.93. The van der Waals surface area contributed by atoms with Crippen molar-refractivity contribution in [3.8, 4) is 11.4 Å². The summed E-state index contributed by atoms with van der Waals surface area (Å²) in [6.07, 6.45) is 7.54. The van der Waals surface area contributed by atoms with Gasteiger partial charge in [-0.25, -0.2) is 0 Å². The van der Waals surface area contributed by atoms with Crippen LogP contribution in [-0.2, 0) is 6.42 Å². The number of aromatic nitrogens is 3. The molecule has 1 unspecified atom stereocenters. The molecular weight excluding hydrogens is 260 g/mol. The molecule has 0 saturated carbocycles. The normalized spacial score (nSPS) is 19.1. The number of nitrogens with zero attached hydrogens (tertiary/aromatic N) is 3. The maximum atomic E-state index is 4.54. The average molecular weight is 284 g/mol. The van der Waals surface area contributed by atoms with E-state index in [1.807, 2.05) is 23.1 Å². The number of nitrogens with one attached hydrogen (secondary N) is 1. The van der Waals surface area contributed by atoms with Gasteiger partial charge >= 0.3 is 0 Å². The van der Waals surface area contributed by atoms with Gasteiger partial charge in [-0.1, -0.05) is 0 Å². The molecule has 4 nitrogen and oxygen atoms in total. The van der Waals surface area contributed by atoms with Crippen LogP contribution in [-0.4, -0.2) is 27.9 Å². The van der Waals surface area contributed by atoms with Crippen molar-refractivity contribution in [1.29, 1.82) is 0 Å². The first-order chi connectivity index (χ1) is 10.2. The van der Waals surface area contributed by atoms with Gasteiger partial charge in [0.15, 0.2) is 0 Å². The lowest BCUT2D eigenvalue weighted by molar-refractivity contribution is 0.376. The summed E-state index contributed by atoms with van der Waals surface area (Å²) in [5.74, 6) is 0.754. The van der Waals surface area contributed by atoms with Crippen LogP contribution in [0.3, 0.4) is 0 Å². The van der Waals surface area contributed by atoms with Crippen LogP contribution in [0.15, 0.2) is 30.6 Å². The minimum atomic E-state index is 0.350. The third-order valence-corrected chi connectivity index (χ3v) is 4.17. The first-order valence-electron chi connectivity index (χ1n) is 7.93. The highest BCUT2D eigenvalue weighted by Crippen LogP contribution is 2.23. The van der Waals surface area contributed by atoms with Gasteiger partial charge in [0, 0.05) is 18.4 Å². The van der Waals surface area contributed by atoms with Crippen LogP contribution in [0.4, 0.5) is 0 Å². The Morgan fingerprint density at radius 2 is 2.24 bits per heavy atom.